The van der Waals surface area contributed by atoms with Crippen LogP contribution >= 0.6 is 0 Å². The molecular formula is C21H13N7O. The second-order valence-corrected chi connectivity index (χ2v) is 6.58. The zero-order valence-corrected chi connectivity index (χ0v) is 15.0. The molecule has 0 unspecified atom stereocenters. The molecule has 0 aliphatic rings. The average molecular weight is 379 g/mol. The van der Waals surface area contributed by atoms with Crippen LogP contribution in [0.4, 0.5) is 0 Å². The summed E-state index contributed by atoms with van der Waals surface area (Å²) < 4.78 is 5.20. The molecule has 0 saturated carbocycles. The van der Waals surface area contributed by atoms with Crippen LogP contribution in [-0.2, 0) is 0 Å². The van der Waals surface area contributed by atoms with Gasteiger partial charge in [0.25, 0.3) is 0 Å². The third kappa shape index (κ3) is 2.50. The standard InChI is InChI=1S/C21H13N7O/c1-5-22-6-2-12(1)14-9-15-18(27-28-20(15)24-10-14)21-25-16-3-7-23-17(19(16)26-21)13-4-8-29-11-13/h1-11H,(H,25,26)(H,24,27,28). The fraction of sp³-hybridized carbons (Fsp3) is 0. The second-order valence-electron chi connectivity index (χ2n) is 6.58. The van der Waals surface area contributed by atoms with Crippen LogP contribution in [-0.4, -0.2) is 35.1 Å². The summed E-state index contributed by atoms with van der Waals surface area (Å²) in [5.74, 6) is 0.675. The van der Waals surface area contributed by atoms with Crippen LogP contribution in [0.25, 0.3) is 56.0 Å². The van der Waals surface area contributed by atoms with Crippen molar-refractivity contribution in [3.8, 4) is 33.9 Å². The van der Waals surface area contributed by atoms with Gasteiger partial charge in [0.05, 0.1) is 23.4 Å². The molecule has 0 radical (unpaired) electrons. The second kappa shape index (κ2) is 6.10. The van der Waals surface area contributed by atoms with Crippen molar-refractivity contribution in [1.82, 2.24) is 35.1 Å². The van der Waals surface area contributed by atoms with Crippen molar-refractivity contribution in [2.75, 3.05) is 0 Å². The minimum Gasteiger partial charge on any atom is -0.472 e. The van der Waals surface area contributed by atoms with Crippen molar-refractivity contribution in [3.05, 3.63) is 67.6 Å². The van der Waals surface area contributed by atoms with E-state index in [4.69, 9.17) is 9.40 Å². The number of pyridine rings is 3. The van der Waals surface area contributed by atoms with E-state index in [2.05, 4.69) is 36.2 Å². The predicted octanol–water partition coefficient (Wildman–Crippen LogP) is 4.22. The molecule has 0 spiro atoms. The lowest BCUT2D eigenvalue weighted by Gasteiger charge is -2.00. The molecule has 2 N–H and O–H groups in total. The molecular weight excluding hydrogens is 366 g/mol. The first-order chi connectivity index (χ1) is 14.4. The summed E-state index contributed by atoms with van der Waals surface area (Å²) in [5, 5.41) is 8.28. The van der Waals surface area contributed by atoms with Crippen LogP contribution in [0.1, 0.15) is 0 Å². The Morgan fingerprint density at radius 1 is 0.897 bits per heavy atom. The van der Waals surface area contributed by atoms with E-state index >= 15 is 0 Å². The van der Waals surface area contributed by atoms with Crippen LogP contribution in [0.15, 0.2) is 72.1 Å². The fourth-order valence-electron chi connectivity index (χ4n) is 3.45. The predicted molar refractivity (Wildman–Crippen MR) is 108 cm³/mol. The Balaban J connectivity index is 1.53. The maximum absolute atomic E-state index is 5.20. The Kier molecular flexibility index (Phi) is 3.30. The largest absolute Gasteiger partial charge is 0.472 e. The van der Waals surface area contributed by atoms with Crippen molar-refractivity contribution < 1.29 is 4.42 Å². The highest BCUT2D eigenvalue weighted by Crippen LogP contribution is 2.31. The summed E-state index contributed by atoms with van der Waals surface area (Å²) in [4.78, 5) is 21.2. The number of nitrogens with zero attached hydrogens (tertiary/aromatic N) is 5. The van der Waals surface area contributed by atoms with Gasteiger partial charge < -0.3 is 9.40 Å². The smallest absolute Gasteiger partial charge is 0.181 e. The van der Waals surface area contributed by atoms with Crippen LogP contribution in [0, 0.1) is 0 Å². The maximum Gasteiger partial charge on any atom is 0.181 e. The summed E-state index contributed by atoms with van der Waals surface area (Å²) in [6.45, 7) is 0. The Labute approximate surface area is 163 Å². The maximum atomic E-state index is 5.20. The van der Waals surface area contributed by atoms with Crippen LogP contribution in [0.2, 0.25) is 0 Å². The van der Waals surface area contributed by atoms with Gasteiger partial charge in [-0.05, 0) is 35.9 Å². The Bertz CT molecular complexity index is 1450. The van der Waals surface area contributed by atoms with Gasteiger partial charge in [0.1, 0.15) is 16.9 Å². The number of aromatic amines is 2. The number of H-pyrrole nitrogens is 2. The highest BCUT2D eigenvalue weighted by atomic mass is 16.3. The molecule has 0 fully saturated rings. The molecule has 29 heavy (non-hydrogen) atoms. The van der Waals surface area contributed by atoms with Gasteiger partial charge in [-0.3, -0.25) is 15.1 Å². The van der Waals surface area contributed by atoms with E-state index in [0.717, 1.165) is 44.5 Å². The summed E-state index contributed by atoms with van der Waals surface area (Å²) in [6, 6.07) is 9.72. The molecule has 0 aliphatic carbocycles. The summed E-state index contributed by atoms with van der Waals surface area (Å²) >= 11 is 0. The Hall–Kier alpha value is -4.33. The average Bonchev–Trinajstić information content (AvgIpc) is 3.52. The van der Waals surface area contributed by atoms with Gasteiger partial charge in [0.2, 0.25) is 0 Å². The SMILES string of the molecule is c1cc(-c2cnc3n[nH]c(-c4nc5c(-c6ccoc6)nccc5[nH]4)c3c2)ccn1. The first-order valence-electron chi connectivity index (χ1n) is 8.99. The van der Waals surface area contributed by atoms with E-state index in [0.29, 0.717) is 11.5 Å². The first kappa shape index (κ1) is 15.7. The molecule has 138 valence electrons. The highest BCUT2D eigenvalue weighted by Gasteiger charge is 2.16. The number of hydrogen-bond acceptors (Lipinski definition) is 6. The van der Waals surface area contributed by atoms with Crippen LogP contribution < -0.4 is 0 Å². The zero-order valence-electron chi connectivity index (χ0n) is 15.0. The van der Waals surface area contributed by atoms with E-state index < -0.39 is 0 Å². The number of furan rings is 1. The molecule has 0 bridgehead atoms. The van der Waals surface area contributed by atoms with Gasteiger partial charge in [-0.15, -0.1) is 0 Å². The number of hydrogen-bond donors (Lipinski definition) is 2. The fourth-order valence-corrected chi connectivity index (χ4v) is 3.45. The molecule has 6 rings (SSSR count). The molecule has 0 atom stereocenters. The molecule has 6 aromatic rings. The highest BCUT2D eigenvalue weighted by molar-refractivity contribution is 5.96. The van der Waals surface area contributed by atoms with Crippen molar-refractivity contribution in [2.24, 2.45) is 0 Å². The van der Waals surface area contributed by atoms with Gasteiger partial charge in [-0.1, -0.05) is 0 Å². The van der Waals surface area contributed by atoms with Gasteiger partial charge in [-0.25, -0.2) is 9.97 Å². The Morgan fingerprint density at radius 3 is 2.69 bits per heavy atom. The molecule has 6 aromatic heterocycles. The van der Waals surface area contributed by atoms with Crippen molar-refractivity contribution in [3.63, 3.8) is 0 Å². The van der Waals surface area contributed by atoms with Crippen LogP contribution in [0.3, 0.4) is 0 Å². The molecule has 0 saturated heterocycles. The zero-order chi connectivity index (χ0) is 19.2. The number of nitrogens with one attached hydrogen (secondary N) is 2. The molecule has 0 amide bonds. The van der Waals surface area contributed by atoms with E-state index in [1.54, 1.807) is 31.1 Å². The van der Waals surface area contributed by atoms with Crippen molar-refractivity contribution in [1.29, 1.82) is 0 Å². The Morgan fingerprint density at radius 2 is 1.83 bits per heavy atom. The van der Waals surface area contributed by atoms with Crippen molar-refractivity contribution in [2.45, 2.75) is 0 Å². The minimum absolute atomic E-state index is 0.631. The van der Waals surface area contributed by atoms with E-state index in [1.807, 2.05) is 30.5 Å². The lowest BCUT2D eigenvalue weighted by Crippen LogP contribution is -1.85. The lowest BCUT2D eigenvalue weighted by molar-refractivity contribution is 0.568. The monoisotopic (exact) mass is 379 g/mol. The van der Waals surface area contributed by atoms with E-state index in [9.17, 15) is 0 Å². The lowest BCUT2D eigenvalue weighted by atomic mass is 10.1. The quantitative estimate of drug-likeness (QED) is 0.476. The van der Waals surface area contributed by atoms with E-state index in [-0.39, 0.29) is 0 Å². The molecule has 8 heteroatoms. The third-order valence-electron chi connectivity index (χ3n) is 4.86. The molecule has 6 heterocycles. The normalized spacial score (nSPS) is 11.4. The third-order valence-corrected chi connectivity index (χ3v) is 4.86. The summed E-state index contributed by atoms with van der Waals surface area (Å²) in [7, 11) is 0. The summed E-state index contributed by atoms with van der Waals surface area (Å²) in [5.41, 5.74) is 6.72. The number of rotatable bonds is 3. The van der Waals surface area contributed by atoms with Gasteiger partial charge in [0.15, 0.2) is 11.5 Å². The first-order valence-corrected chi connectivity index (χ1v) is 8.99. The van der Waals surface area contributed by atoms with Crippen LogP contribution in [0.5, 0.6) is 0 Å². The number of aromatic nitrogens is 7. The molecule has 8 nitrogen and oxygen atoms in total. The van der Waals surface area contributed by atoms with E-state index in [1.165, 1.54) is 0 Å². The van der Waals surface area contributed by atoms with Gasteiger partial charge >= 0.3 is 0 Å². The molecule has 0 aliphatic heterocycles. The topological polar surface area (TPSA) is 109 Å². The number of imidazole rings is 1. The minimum atomic E-state index is 0.631. The van der Waals surface area contributed by atoms with Gasteiger partial charge in [-0.2, -0.15) is 5.10 Å². The molecule has 0 aromatic carbocycles. The summed E-state index contributed by atoms with van der Waals surface area (Å²) in [6.07, 6.45) is 10.4. The van der Waals surface area contributed by atoms with Gasteiger partial charge in [0, 0.05) is 35.9 Å². The number of fused-ring (bicyclic) bond motifs is 2. The van der Waals surface area contributed by atoms with Crippen molar-refractivity contribution >= 4 is 22.1 Å².